The number of hydrogen-bond donors (Lipinski definition) is 1. The molecule has 0 spiro atoms. The average Bonchev–Trinajstić information content (AvgIpc) is 2.74. The number of ether oxygens (including phenoxy) is 2. The average molecular weight is 236 g/mol. The fourth-order valence-corrected chi connectivity index (χ4v) is 2.50. The third kappa shape index (κ3) is 2.45. The van der Waals surface area contributed by atoms with Gasteiger partial charge in [0.2, 0.25) is 0 Å². The summed E-state index contributed by atoms with van der Waals surface area (Å²) in [6, 6.07) is 5.84. The number of rotatable bonds is 3. The summed E-state index contributed by atoms with van der Waals surface area (Å²) in [6.45, 7) is 4.76. The van der Waals surface area contributed by atoms with E-state index in [0.717, 1.165) is 29.9 Å². The Labute approximate surface area is 102 Å². The summed E-state index contributed by atoms with van der Waals surface area (Å²) < 4.78 is 10.7. The summed E-state index contributed by atoms with van der Waals surface area (Å²) in [5.74, 6) is 1.06. The predicted molar refractivity (Wildman–Crippen MR) is 66.2 cm³/mol. The molecule has 0 saturated carbocycles. The molecule has 94 valence electrons. The van der Waals surface area contributed by atoms with Crippen molar-refractivity contribution in [3.63, 3.8) is 0 Å². The molecule has 3 atom stereocenters. The first-order valence-electron chi connectivity index (χ1n) is 6.07. The van der Waals surface area contributed by atoms with Gasteiger partial charge in [-0.2, -0.15) is 0 Å². The van der Waals surface area contributed by atoms with Gasteiger partial charge in [0, 0.05) is 12.5 Å². The van der Waals surface area contributed by atoms with Crippen molar-refractivity contribution in [1.82, 2.24) is 0 Å². The van der Waals surface area contributed by atoms with Gasteiger partial charge in [0.05, 0.1) is 19.3 Å². The molecule has 1 aromatic carbocycles. The van der Waals surface area contributed by atoms with Gasteiger partial charge in [0.15, 0.2) is 0 Å². The van der Waals surface area contributed by atoms with E-state index in [-0.39, 0.29) is 12.0 Å². The molecule has 1 aliphatic heterocycles. The second-order valence-corrected chi connectivity index (χ2v) is 4.70. The van der Waals surface area contributed by atoms with Crippen LogP contribution in [0, 0.1) is 12.8 Å². The second kappa shape index (κ2) is 5.07. The van der Waals surface area contributed by atoms with Crippen LogP contribution in [-0.4, -0.2) is 24.9 Å². The summed E-state index contributed by atoms with van der Waals surface area (Å²) in [5.41, 5.74) is 2.00. The first-order chi connectivity index (χ1) is 8.13. The molecule has 0 bridgehead atoms. The Balaban J connectivity index is 2.19. The van der Waals surface area contributed by atoms with E-state index < -0.39 is 6.10 Å². The first-order valence-corrected chi connectivity index (χ1v) is 6.07. The normalized spacial score (nSPS) is 25.9. The molecule has 0 amide bonds. The van der Waals surface area contributed by atoms with Crippen LogP contribution in [0.3, 0.4) is 0 Å². The van der Waals surface area contributed by atoms with E-state index in [4.69, 9.17) is 9.47 Å². The predicted octanol–water partition coefficient (Wildman–Crippen LogP) is 2.46. The maximum absolute atomic E-state index is 10.4. The minimum atomic E-state index is -0.447. The number of benzene rings is 1. The Kier molecular flexibility index (Phi) is 3.69. The molecule has 1 saturated heterocycles. The highest BCUT2D eigenvalue weighted by Crippen LogP contribution is 2.34. The summed E-state index contributed by atoms with van der Waals surface area (Å²) in [4.78, 5) is 0. The minimum Gasteiger partial charge on any atom is -0.496 e. The fraction of sp³-hybridized carbons (Fsp3) is 0.571. The van der Waals surface area contributed by atoms with Crippen molar-refractivity contribution in [3.8, 4) is 5.75 Å². The highest BCUT2D eigenvalue weighted by molar-refractivity contribution is 5.37. The zero-order chi connectivity index (χ0) is 12.4. The fourth-order valence-electron chi connectivity index (χ4n) is 2.50. The van der Waals surface area contributed by atoms with E-state index in [1.165, 1.54) is 0 Å². The molecule has 3 nitrogen and oxygen atoms in total. The van der Waals surface area contributed by atoms with E-state index in [1.54, 1.807) is 7.11 Å². The van der Waals surface area contributed by atoms with E-state index in [2.05, 4.69) is 0 Å². The number of hydrogen-bond acceptors (Lipinski definition) is 3. The highest BCUT2D eigenvalue weighted by Gasteiger charge is 2.31. The molecule has 0 radical (unpaired) electrons. The lowest BCUT2D eigenvalue weighted by Crippen LogP contribution is -2.19. The molecule has 3 unspecified atom stereocenters. The summed E-state index contributed by atoms with van der Waals surface area (Å²) in [5, 5.41) is 10.4. The van der Waals surface area contributed by atoms with Crippen molar-refractivity contribution >= 4 is 0 Å². The Morgan fingerprint density at radius 2 is 2.24 bits per heavy atom. The van der Waals surface area contributed by atoms with Crippen molar-refractivity contribution in [2.75, 3.05) is 13.7 Å². The topological polar surface area (TPSA) is 38.7 Å². The molecule has 1 aliphatic rings. The van der Waals surface area contributed by atoms with Crippen molar-refractivity contribution in [2.24, 2.45) is 5.92 Å². The SMILES string of the molecule is COc1ccc(C(O)C2CCOC2C)cc1C. The zero-order valence-corrected chi connectivity index (χ0v) is 10.6. The van der Waals surface area contributed by atoms with Crippen LogP contribution in [0.1, 0.15) is 30.6 Å². The molecular formula is C14H20O3. The molecule has 1 aromatic rings. The minimum absolute atomic E-state index is 0.132. The van der Waals surface area contributed by atoms with Crippen molar-refractivity contribution < 1.29 is 14.6 Å². The van der Waals surface area contributed by atoms with E-state index in [0.29, 0.717) is 0 Å². The van der Waals surface area contributed by atoms with Crippen LogP contribution in [0.15, 0.2) is 18.2 Å². The third-order valence-electron chi connectivity index (χ3n) is 3.60. The van der Waals surface area contributed by atoms with Crippen LogP contribution in [-0.2, 0) is 4.74 Å². The number of methoxy groups -OCH3 is 1. The van der Waals surface area contributed by atoms with Crippen molar-refractivity contribution in [1.29, 1.82) is 0 Å². The van der Waals surface area contributed by atoms with Gasteiger partial charge in [-0.25, -0.2) is 0 Å². The molecule has 3 heteroatoms. The third-order valence-corrected chi connectivity index (χ3v) is 3.60. The standard InChI is InChI=1S/C14H20O3/c1-9-8-11(4-5-13(9)16-3)14(15)12-6-7-17-10(12)2/h4-5,8,10,12,14-15H,6-7H2,1-3H3. The molecule has 0 aliphatic carbocycles. The Hall–Kier alpha value is -1.06. The lowest BCUT2D eigenvalue weighted by Gasteiger charge is -2.22. The lowest BCUT2D eigenvalue weighted by atomic mass is 9.90. The van der Waals surface area contributed by atoms with Crippen LogP contribution in [0.2, 0.25) is 0 Å². The van der Waals surface area contributed by atoms with Gasteiger partial charge < -0.3 is 14.6 Å². The van der Waals surface area contributed by atoms with Crippen molar-refractivity contribution in [2.45, 2.75) is 32.5 Å². The van der Waals surface area contributed by atoms with Gasteiger partial charge in [-0.1, -0.05) is 6.07 Å². The van der Waals surface area contributed by atoms with Gasteiger partial charge in [-0.05, 0) is 43.5 Å². The van der Waals surface area contributed by atoms with Gasteiger partial charge in [0.25, 0.3) is 0 Å². The Bertz CT molecular complexity index is 389. The summed E-state index contributed by atoms with van der Waals surface area (Å²) >= 11 is 0. The van der Waals surface area contributed by atoms with Crippen LogP contribution in [0.5, 0.6) is 5.75 Å². The maximum atomic E-state index is 10.4. The van der Waals surface area contributed by atoms with Crippen LogP contribution in [0.4, 0.5) is 0 Å². The van der Waals surface area contributed by atoms with Crippen LogP contribution in [0.25, 0.3) is 0 Å². The molecule has 1 heterocycles. The molecular weight excluding hydrogens is 216 g/mol. The van der Waals surface area contributed by atoms with Gasteiger partial charge >= 0.3 is 0 Å². The zero-order valence-electron chi connectivity index (χ0n) is 10.6. The summed E-state index contributed by atoms with van der Waals surface area (Å²) in [6.07, 6.45) is 0.609. The number of aryl methyl sites for hydroxylation is 1. The smallest absolute Gasteiger partial charge is 0.121 e. The molecule has 0 aromatic heterocycles. The van der Waals surface area contributed by atoms with E-state index >= 15 is 0 Å². The lowest BCUT2D eigenvalue weighted by molar-refractivity contribution is 0.0431. The molecule has 17 heavy (non-hydrogen) atoms. The number of aliphatic hydroxyl groups excluding tert-OH is 1. The van der Waals surface area contributed by atoms with Crippen molar-refractivity contribution in [3.05, 3.63) is 29.3 Å². The maximum Gasteiger partial charge on any atom is 0.121 e. The second-order valence-electron chi connectivity index (χ2n) is 4.70. The van der Waals surface area contributed by atoms with Gasteiger partial charge in [-0.3, -0.25) is 0 Å². The largest absolute Gasteiger partial charge is 0.496 e. The first kappa shape index (κ1) is 12.4. The quantitative estimate of drug-likeness (QED) is 0.876. The highest BCUT2D eigenvalue weighted by atomic mass is 16.5. The van der Waals surface area contributed by atoms with Gasteiger partial charge in [-0.15, -0.1) is 0 Å². The molecule has 2 rings (SSSR count). The molecule has 1 fully saturated rings. The summed E-state index contributed by atoms with van der Waals surface area (Å²) in [7, 11) is 1.66. The van der Waals surface area contributed by atoms with Gasteiger partial charge in [0.1, 0.15) is 5.75 Å². The van der Waals surface area contributed by atoms with E-state index in [9.17, 15) is 5.11 Å². The van der Waals surface area contributed by atoms with Crippen LogP contribution < -0.4 is 4.74 Å². The van der Waals surface area contributed by atoms with E-state index in [1.807, 2.05) is 32.0 Å². The Morgan fingerprint density at radius 3 is 2.76 bits per heavy atom. The van der Waals surface area contributed by atoms with Crippen LogP contribution >= 0.6 is 0 Å². The monoisotopic (exact) mass is 236 g/mol. The molecule has 1 N–H and O–H groups in total. The Morgan fingerprint density at radius 1 is 1.47 bits per heavy atom. The number of aliphatic hydroxyl groups is 1.